The van der Waals surface area contributed by atoms with E-state index in [-0.39, 0.29) is 11.5 Å². The highest BCUT2D eigenvalue weighted by Gasteiger charge is 2.09. The van der Waals surface area contributed by atoms with E-state index in [0.29, 0.717) is 11.1 Å². The summed E-state index contributed by atoms with van der Waals surface area (Å²) in [5, 5.41) is 19.3. The van der Waals surface area contributed by atoms with Gasteiger partial charge in [0.25, 0.3) is 5.69 Å². The summed E-state index contributed by atoms with van der Waals surface area (Å²) in [6.45, 7) is 0. The fourth-order valence-electron chi connectivity index (χ4n) is 1.39. The van der Waals surface area contributed by atoms with Crippen molar-refractivity contribution in [3.63, 3.8) is 0 Å². The second-order valence-corrected chi connectivity index (χ2v) is 3.41. The first-order chi connectivity index (χ1) is 8.58. The zero-order valence-corrected chi connectivity index (χ0v) is 8.98. The molecule has 0 unspecified atom stereocenters. The van der Waals surface area contributed by atoms with Gasteiger partial charge in [-0.15, -0.1) is 0 Å². The summed E-state index contributed by atoms with van der Waals surface area (Å²) in [5.74, 6) is -1.54. The van der Waals surface area contributed by atoms with Crippen molar-refractivity contribution in [1.82, 2.24) is 9.97 Å². The van der Waals surface area contributed by atoms with Gasteiger partial charge in [0.1, 0.15) is 0 Å². The molecule has 0 amide bonds. The number of benzene rings is 1. The van der Waals surface area contributed by atoms with E-state index < -0.39 is 10.9 Å². The number of carboxylic acids is 1. The number of hydrogen-bond donors (Lipinski definition) is 1. The molecule has 2 aromatic rings. The molecule has 0 bridgehead atoms. The minimum absolute atomic E-state index is 0.0465. The number of carbonyl (C=O) groups is 1. The lowest BCUT2D eigenvalue weighted by Gasteiger charge is -2.00. The van der Waals surface area contributed by atoms with Crippen molar-refractivity contribution in [3.8, 4) is 11.1 Å². The van der Waals surface area contributed by atoms with Crippen molar-refractivity contribution >= 4 is 11.7 Å². The van der Waals surface area contributed by atoms with Gasteiger partial charge in [-0.25, -0.2) is 14.8 Å². The predicted octanol–water partition coefficient (Wildman–Crippen LogP) is 1.75. The third kappa shape index (κ3) is 2.29. The number of nitrogens with zero attached hydrogens (tertiary/aromatic N) is 3. The molecule has 2 rings (SSSR count). The van der Waals surface area contributed by atoms with Crippen LogP contribution in [0, 0.1) is 10.1 Å². The van der Waals surface area contributed by atoms with Gasteiger partial charge in [-0.3, -0.25) is 10.1 Å². The van der Waals surface area contributed by atoms with Gasteiger partial charge in [-0.1, -0.05) is 12.1 Å². The van der Waals surface area contributed by atoms with Crippen molar-refractivity contribution in [3.05, 3.63) is 52.6 Å². The molecule has 0 radical (unpaired) electrons. The zero-order valence-electron chi connectivity index (χ0n) is 8.98. The number of non-ortho nitro benzene ring substituents is 1. The molecule has 0 saturated carbocycles. The standard InChI is InChI=1S/C11H7N3O4/c15-11(16)10-12-5-8(6-13-10)7-2-1-3-9(4-7)14(17)18/h1-6H,(H,15,16). The van der Waals surface area contributed by atoms with Crippen LogP contribution in [-0.4, -0.2) is 26.0 Å². The molecule has 1 heterocycles. The maximum atomic E-state index is 10.6. The highest BCUT2D eigenvalue weighted by atomic mass is 16.6. The van der Waals surface area contributed by atoms with Crippen LogP contribution in [0.5, 0.6) is 0 Å². The fraction of sp³-hybridized carbons (Fsp3) is 0. The third-order valence-corrected chi connectivity index (χ3v) is 2.23. The van der Waals surface area contributed by atoms with Crippen molar-refractivity contribution in [2.45, 2.75) is 0 Å². The quantitative estimate of drug-likeness (QED) is 0.652. The Kier molecular flexibility index (Phi) is 2.96. The molecule has 0 spiro atoms. The number of carboxylic acid groups (broad SMARTS) is 1. The first-order valence-corrected chi connectivity index (χ1v) is 4.88. The molecule has 1 N–H and O–H groups in total. The molecule has 1 aromatic carbocycles. The number of nitro groups is 1. The van der Waals surface area contributed by atoms with Gasteiger partial charge in [0.15, 0.2) is 0 Å². The van der Waals surface area contributed by atoms with Crippen LogP contribution in [0.2, 0.25) is 0 Å². The molecule has 0 aliphatic carbocycles. The highest BCUT2D eigenvalue weighted by Crippen LogP contribution is 2.22. The Hall–Kier alpha value is -2.83. The maximum absolute atomic E-state index is 10.6. The molecular weight excluding hydrogens is 238 g/mol. The minimum atomic E-state index is -1.22. The van der Waals surface area contributed by atoms with E-state index in [1.54, 1.807) is 12.1 Å². The summed E-state index contributed by atoms with van der Waals surface area (Å²) >= 11 is 0. The summed E-state index contributed by atoms with van der Waals surface area (Å²) in [5.41, 5.74) is 1.03. The molecule has 0 aliphatic heterocycles. The first kappa shape index (κ1) is 11.6. The van der Waals surface area contributed by atoms with Crippen molar-refractivity contribution in [1.29, 1.82) is 0 Å². The van der Waals surface area contributed by atoms with Gasteiger partial charge in [0.05, 0.1) is 4.92 Å². The van der Waals surface area contributed by atoms with Crippen LogP contribution in [0.15, 0.2) is 36.7 Å². The van der Waals surface area contributed by atoms with E-state index in [0.717, 1.165) is 0 Å². The molecule has 0 fully saturated rings. The van der Waals surface area contributed by atoms with Gasteiger partial charge in [-0.2, -0.15) is 0 Å². The van der Waals surface area contributed by atoms with E-state index in [1.807, 2.05) is 0 Å². The number of aromatic carboxylic acids is 1. The van der Waals surface area contributed by atoms with Crippen LogP contribution in [-0.2, 0) is 0 Å². The first-order valence-electron chi connectivity index (χ1n) is 4.88. The van der Waals surface area contributed by atoms with Gasteiger partial charge in [-0.05, 0) is 5.56 Å². The predicted molar refractivity (Wildman–Crippen MR) is 61.1 cm³/mol. The highest BCUT2D eigenvalue weighted by molar-refractivity contribution is 5.83. The van der Waals surface area contributed by atoms with E-state index in [4.69, 9.17) is 5.11 Å². The molecule has 90 valence electrons. The van der Waals surface area contributed by atoms with E-state index in [2.05, 4.69) is 9.97 Å². The van der Waals surface area contributed by atoms with Gasteiger partial charge >= 0.3 is 5.97 Å². The lowest BCUT2D eigenvalue weighted by molar-refractivity contribution is -0.384. The van der Waals surface area contributed by atoms with E-state index in [1.165, 1.54) is 24.5 Å². The Morgan fingerprint density at radius 1 is 1.22 bits per heavy atom. The SMILES string of the molecule is O=C(O)c1ncc(-c2cccc([N+](=O)[O-])c2)cn1. The smallest absolute Gasteiger partial charge is 0.373 e. The molecule has 0 aliphatic rings. The van der Waals surface area contributed by atoms with Crippen LogP contribution in [0.3, 0.4) is 0 Å². The Bertz CT molecular complexity index is 610. The Morgan fingerprint density at radius 2 is 1.89 bits per heavy atom. The Labute approximate surface area is 101 Å². The van der Waals surface area contributed by atoms with Crippen LogP contribution in [0.25, 0.3) is 11.1 Å². The van der Waals surface area contributed by atoms with Crippen LogP contribution in [0.4, 0.5) is 5.69 Å². The summed E-state index contributed by atoms with van der Waals surface area (Å²) in [7, 11) is 0. The molecule has 7 heteroatoms. The van der Waals surface area contributed by atoms with Crippen LogP contribution >= 0.6 is 0 Å². The molecule has 0 saturated heterocycles. The average molecular weight is 245 g/mol. The molecule has 0 atom stereocenters. The zero-order chi connectivity index (χ0) is 13.1. The lowest BCUT2D eigenvalue weighted by atomic mass is 10.1. The largest absolute Gasteiger partial charge is 0.475 e. The summed E-state index contributed by atoms with van der Waals surface area (Å²) in [6.07, 6.45) is 2.63. The lowest BCUT2D eigenvalue weighted by Crippen LogP contribution is -2.03. The van der Waals surface area contributed by atoms with E-state index >= 15 is 0 Å². The molecule has 7 nitrogen and oxygen atoms in total. The second kappa shape index (κ2) is 4.58. The van der Waals surface area contributed by atoms with Crippen molar-refractivity contribution < 1.29 is 14.8 Å². The normalized spacial score (nSPS) is 10.0. The summed E-state index contributed by atoms with van der Waals surface area (Å²) in [6, 6.07) is 5.94. The number of hydrogen-bond acceptors (Lipinski definition) is 5. The Morgan fingerprint density at radius 3 is 2.44 bits per heavy atom. The summed E-state index contributed by atoms with van der Waals surface area (Å²) in [4.78, 5) is 28.0. The number of aromatic nitrogens is 2. The average Bonchev–Trinajstić information content (AvgIpc) is 2.39. The van der Waals surface area contributed by atoms with Gasteiger partial charge < -0.3 is 5.11 Å². The van der Waals surface area contributed by atoms with Gasteiger partial charge in [0, 0.05) is 30.1 Å². The Balaban J connectivity index is 2.39. The topological polar surface area (TPSA) is 106 Å². The molecule has 1 aromatic heterocycles. The van der Waals surface area contributed by atoms with Crippen LogP contribution in [0.1, 0.15) is 10.6 Å². The summed E-state index contributed by atoms with van der Waals surface area (Å²) < 4.78 is 0. The third-order valence-electron chi connectivity index (χ3n) is 2.23. The van der Waals surface area contributed by atoms with E-state index in [9.17, 15) is 14.9 Å². The fourth-order valence-corrected chi connectivity index (χ4v) is 1.39. The number of rotatable bonds is 3. The van der Waals surface area contributed by atoms with Crippen molar-refractivity contribution in [2.24, 2.45) is 0 Å². The monoisotopic (exact) mass is 245 g/mol. The molecular formula is C11H7N3O4. The molecule has 18 heavy (non-hydrogen) atoms. The van der Waals surface area contributed by atoms with Crippen molar-refractivity contribution in [2.75, 3.05) is 0 Å². The maximum Gasteiger partial charge on any atom is 0.373 e. The second-order valence-electron chi connectivity index (χ2n) is 3.41. The minimum Gasteiger partial charge on any atom is -0.475 e. The van der Waals surface area contributed by atoms with Gasteiger partial charge in [0.2, 0.25) is 5.82 Å². The van der Waals surface area contributed by atoms with Crippen LogP contribution < -0.4 is 0 Å². The number of nitro benzene ring substituents is 1.